The van der Waals surface area contributed by atoms with E-state index in [0.29, 0.717) is 5.71 Å². The Morgan fingerprint density at radius 2 is 1.47 bits per heavy atom. The molecule has 3 heterocycles. The van der Waals surface area contributed by atoms with E-state index in [4.69, 9.17) is 9.40 Å². The molecule has 0 N–H and O–H groups in total. The van der Waals surface area contributed by atoms with E-state index in [1.165, 1.54) is 10.8 Å². The van der Waals surface area contributed by atoms with E-state index in [1.54, 1.807) is 6.20 Å². The monoisotopic (exact) mass is 461 g/mol. The lowest BCUT2D eigenvalue weighted by atomic mass is 9.94. The zero-order valence-corrected chi connectivity index (χ0v) is 19.2. The van der Waals surface area contributed by atoms with Gasteiger partial charge in [0.05, 0.1) is 10.9 Å². The van der Waals surface area contributed by atoms with Crippen molar-refractivity contribution in [2.75, 3.05) is 0 Å². The van der Waals surface area contributed by atoms with Gasteiger partial charge in [0.25, 0.3) is 0 Å². The van der Waals surface area contributed by atoms with E-state index >= 15 is 0 Å². The number of hydrogen-bond acceptors (Lipinski definition) is 3. The molecule has 4 heteroatoms. The van der Waals surface area contributed by atoms with Gasteiger partial charge in [-0.25, -0.2) is 9.97 Å². The molecule has 0 aliphatic heterocycles. The number of para-hydroxylation sites is 1. The minimum Gasteiger partial charge on any atom is -0.437 e. The second-order valence-electron chi connectivity index (χ2n) is 9.13. The molecule has 8 rings (SSSR count). The van der Waals surface area contributed by atoms with Crippen LogP contribution in [0.3, 0.4) is 0 Å². The minimum atomic E-state index is 0.645. The van der Waals surface area contributed by atoms with Gasteiger partial charge in [-0.05, 0) is 69.8 Å². The zero-order valence-electron chi connectivity index (χ0n) is 19.2. The second-order valence-corrected chi connectivity index (χ2v) is 9.13. The van der Waals surface area contributed by atoms with Crippen LogP contribution in [0.1, 0.15) is 0 Å². The number of fused-ring (bicyclic) bond motifs is 8. The van der Waals surface area contributed by atoms with E-state index in [2.05, 4.69) is 101 Å². The Labute approximate surface area is 206 Å². The van der Waals surface area contributed by atoms with E-state index < -0.39 is 0 Å². The zero-order chi connectivity index (χ0) is 23.6. The van der Waals surface area contributed by atoms with Gasteiger partial charge in [0, 0.05) is 22.7 Å². The van der Waals surface area contributed by atoms with Crippen LogP contribution in [0.5, 0.6) is 0 Å². The van der Waals surface area contributed by atoms with E-state index in [-0.39, 0.29) is 0 Å². The van der Waals surface area contributed by atoms with Gasteiger partial charge in [0.15, 0.2) is 0 Å². The molecule has 0 bridgehead atoms. The fourth-order valence-electron chi connectivity index (χ4n) is 5.43. The summed E-state index contributed by atoms with van der Waals surface area (Å²) in [7, 11) is 0. The number of furan rings is 1. The van der Waals surface area contributed by atoms with Crippen LogP contribution in [0.15, 0.2) is 120 Å². The number of aromatic nitrogens is 3. The molecule has 0 radical (unpaired) electrons. The standard InChI is InChI=1S/C32H19N3O/c1-2-9-23(10-3-1)35-19-34-30-28(35)18-27(22-13-12-20-7-4-5-8-21(20)17-22)24-14-15-25-26-11-6-16-33-32(26)36-31(25)29(24)30/h1-19H. The molecule has 0 unspecified atom stereocenters. The van der Waals surface area contributed by atoms with Gasteiger partial charge in [0.2, 0.25) is 5.71 Å². The molecule has 4 nitrogen and oxygen atoms in total. The molecule has 36 heavy (non-hydrogen) atoms. The summed E-state index contributed by atoms with van der Waals surface area (Å²) in [6, 6.07) is 36.1. The molecular weight excluding hydrogens is 442 g/mol. The van der Waals surface area contributed by atoms with Crippen LogP contribution < -0.4 is 0 Å². The Kier molecular flexibility index (Phi) is 3.91. The second kappa shape index (κ2) is 7.27. The third-order valence-electron chi connectivity index (χ3n) is 7.13. The number of rotatable bonds is 2. The van der Waals surface area contributed by atoms with Crippen molar-refractivity contribution in [3.63, 3.8) is 0 Å². The minimum absolute atomic E-state index is 0.645. The number of imidazole rings is 1. The summed E-state index contributed by atoms with van der Waals surface area (Å²) in [5.41, 5.74) is 6.81. The number of benzene rings is 5. The third kappa shape index (κ3) is 2.70. The van der Waals surface area contributed by atoms with Gasteiger partial charge in [-0.2, -0.15) is 0 Å². The molecule has 0 saturated carbocycles. The largest absolute Gasteiger partial charge is 0.437 e. The van der Waals surface area contributed by atoms with Gasteiger partial charge < -0.3 is 4.42 Å². The van der Waals surface area contributed by atoms with Crippen LogP contribution in [0, 0.1) is 0 Å². The molecule has 0 amide bonds. The van der Waals surface area contributed by atoms with E-state index in [9.17, 15) is 0 Å². The maximum absolute atomic E-state index is 6.39. The van der Waals surface area contributed by atoms with Crippen LogP contribution in [0.2, 0.25) is 0 Å². The van der Waals surface area contributed by atoms with Crippen LogP contribution in [-0.2, 0) is 0 Å². The normalized spacial score (nSPS) is 11.9. The highest BCUT2D eigenvalue weighted by molar-refractivity contribution is 6.24. The van der Waals surface area contributed by atoms with Crippen molar-refractivity contribution in [3.8, 4) is 16.8 Å². The lowest BCUT2D eigenvalue weighted by Gasteiger charge is -2.12. The van der Waals surface area contributed by atoms with Gasteiger partial charge in [-0.1, -0.05) is 60.7 Å². The van der Waals surface area contributed by atoms with Gasteiger partial charge >= 0.3 is 0 Å². The first-order valence-corrected chi connectivity index (χ1v) is 12.0. The molecule has 0 fully saturated rings. The summed E-state index contributed by atoms with van der Waals surface area (Å²) in [5, 5.41) is 6.64. The fourth-order valence-corrected chi connectivity index (χ4v) is 5.43. The van der Waals surface area contributed by atoms with Crippen LogP contribution in [0.25, 0.3) is 71.5 Å². The number of hydrogen-bond donors (Lipinski definition) is 0. The molecule has 0 aliphatic rings. The average molecular weight is 462 g/mol. The Balaban J connectivity index is 1.55. The molecule has 5 aromatic carbocycles. The van der Waals surface area contributed by atoms with Crippen LogP contribution in [0.4, 0.5) is 0 Å². The van der Waals surface area contributed by atoms with Crippen molar-refractivity contribution >= 4 is 54.6 Å². The summed E-state index contributed by atoms with van der Waals surface area (Å²) < 4.78 is 8.54. The summed E-state index contributed by atoms with van der Waals surface area (Å²) in [5.74, 6) is 0. The van der Waals surface area contributed by atoms with E-state index in [1.807, 2.05) is 18.5 Å². The lowest BCUT2D eigenvalue weighted by molar-refractivity contribution is 0.658. The van der Waals surface area contributed by atoms with Crippen molar-refractivity contribution in [1.82, 2.24) is 14.5 Å². The maximum atomic E-state index is 6.39. The summed E-state index contributed by atoms with van der Waals surface area (Å²) in [6.45, 7) is 0. The van der Waals surface area contributed by atoms with Gasteiger partial charge in [-0.15, -0.1) is 0 Å². The molecule has 3 aromatic heterocycles. The average Bonchev–Trinajstić information content (AvgIpc) is 3.54. The topological polar surface area (TPSA) is 43.9 Å². The number of nitrogens with zero attached hydrogens (tertiary/aromatic N) is 3. The predicted octanol–water partition coefficient (Wildman–Crippen LogP) is 8.29. The summed E-state index contributed by atoms with van der Waals surface area (Å²) in [6.07, 6.45) is 3.68. The fraction of sp³-hybridized carbons (Fsp3) is 0. The van der Waals surface area contributed by atoms with E-state index in [0.717, 1.165) is 55.0 Å². The first-order chi connectivity index (χ1) is 17.8. The van der Waals surface area contributed by atoms with Crippen molar-refractivity contribution in [2.45, 2.75) is 0 Å². The first kappa shape index (κ1) is 19.4. The summed E-state index contributed by atoms with van der Waals surface area (Å²) >= 11 is 0. The molecule has 0 spiro atoms. The van der Waals surface area contributed by atoms with Crippen LogP contribution in [-0.4, -0.2) is 14.5 Å². The number of pyridine rings is 1. The molecule has 8 aromatic rings. The lowest BCUT2D eigenvalue weighted by Crippen LogP contribution is -1.92. The maximum Gasteiger partial charge on any atom is 0.227 e. The highest BCUT2D eigenvalue weighted by atomic mass is 16.3. The van der Waals surface area contributed by atoms with Crippen molar-refractivity contribution in [1.29, 1.82) is 0 Å². The Hall–Kier alpha value is -4.96. The Morgan fingerprint density at radius 1 is 0.639 bits per heavy atom. The predicted molar refractivity (Wildman–Crippen MR) is 147 cm³/mol. The van der Waals surface area contributed by atoms with Crippen molar-refractivity contribution in [3.05, 3.63) is 116 Å². The smallest absolute Gasteiger partial charge is 0.227 e. The SMILES string of the molecule is c1ccc(-n2cnc3c4c(ccc5c6cccnc6oc54)c(-c4ccc5ccccc5c4)cc32)cc1. The van der Waals surface area contributed by atoms with Crippen LogP contribution >= 0.6 is 0 Å². The molecule has 0 saturated heterocycles. The third-order valence-corrected chi connectivity index (χ3v) is 7.13. The van der Waals surface area contributed by atoms with Gasteiger partial charge in [-0.3, -0.25) is 4.57 Å². The van der Waals surface area contributed by atoms with Crippen molar-refractivity contribution in [2.24, 2.45) is 0 Å². The highest BCUT2D eigenvalue weighted by Crippen LogP contribution is 2.42. The van der Waals surface area contributed by atoms with Crippen molar-refractivity contribution < 1.29 is 4.42 Å². The molecule has 168 valence electrons. The molecular formula is C32H19N3O. The Morgan fingerprint density at radius 3 is 2.39 bits per heavy atom. The quantitative estimate of drug-likeness (QED) is 0.260. The highest BCUT2D eigenvalue weighted by Gasteiger charge is 2.19. The van der Waals surface area contributed by atoms with Gasteiger partial charge in [0.1, 0.15) is 17.4 Å². The molecule has 0 aliphatic carbocycles. The first-order valence-electron chi connectivity index (χ1n) is 12.0. The molecule has 0 atom stereocenters. The summed E-state index contributed by atoms with van der Waals surface area (Å²) in [4.78, 5) is 9.39. The Bertz CT molecular complexity index is 2100.